The Balaban J connectivity index is 2.75. The van der Waals surface area contributed by atoms with Crippen molar-refractivity contribution in [1.29, 1.82) is 0 Å². The van der Waals surface area contributed by atoms with Crippen LogP contribution in [0.5, 0.6) is 0 Å². The second-order valence-electron chi connectivity index (χ2n) is 3.50. The van der Waals surface area contributed by atoms with Crippen LogP contribution in [0.15, 0.2) is 12.5 Å². The summed E-state index contributed by atoms with van der Waals surface area (Å²) in [7, 11) is 8.08. The lowest BCUT2D eigenvalue weighted by Crippen LogP contribution is -2.29. The van der Waals surface area contributed by atoms with Gasteiger partial charge in [-0.25, -0.2) is 4.98 Å². The van der Waals surface area contributed by atoms with Gasteiger partial charge < -0.3 is 9.88 Å². The van der Waals surface area contributed by atoms with Gasteiger partial charge >= 0.3 is 0 Å². The van der Waals surface area contributed by atoms with Crippen LogP contribution in [0.3, 0.4) is 0 Å². The first-order chi connectivity index (χ1) is 6.15. The average molecular weight is 182 g/mol. The van der Waals surface area contributed by atoms with Gasteiger partial charge in [0.15, 0.2) is 0 Å². The fourth-order valence-electron chi connectivity index (χ4n) is 1.35. The molecule has 0 aromatic carbocycles. The van der Waals surface area contributed by atoms with Crippen LogP contribution in [0.1, 0.15) is 11.7 Å². The van der Waals surface area contributed by atoms with Crippen molar-refractivity contribution in [3.63, 3.8) is 0 Å². The van der Waals surface area contributed by atoms with E-state index in [-0.39, 0.29) is 0 Å². The van der Waals surface area contributed by atoms with Crippen LogP contribution >= 0.6 is 0 Å². The summed E-state index contributed by atoms with van der Waals surface area (Å²) in [6.45, 7) is 0.921. The molecular formula is C9H18N4. The predicted octanol–water partition coefficient (Wildman–Crippen LogP) is 0.242. The van der Waals surface area contributed by atoms with Gasteiger partial charge in [0.25, 0.3) is 0 Å². The Labute approximate surface area is 79.6 Å². The van der Waals surface area contributed by atoms with Crippen LogP contribution < -0.4 is 5.32 Å². The molecule has 0 bridgehead atoms. The topological polar surface area (TPSA) is 33.1 Å². The monoisotopic (exact) mass is 182 g/mol. The third kappa shape index (κ3) is 2.54. The highest BCUT2D eigenvalue weighted by molar-refractivity contribution is 5.04. The van der Waals surface area contributed by atoms with Crippen LogP contribution in [0.4, 0.5) is 0 Å². The number of aryl methyl sites for hydroxylation is 1. The summed E-state index contributed by atoms with van der Waals surface area (Å²) in [5.74, 6) is 0. The molecule has 4 heteroatoms. The lowest BCUT2D eigenvalue weighted by atomic mass is 10.2. The van der Waals surface area contributed by atoms with Gasteiger partial charge in [-0.1, -0.05) is 0 Å². The van der Waals surface area contributed by atoms with Crippen LogP contribution in [0, 0.1) is 0 Å². The molecule has 0 spiro atoms. The lowest BCUT2D eigenvalue weighted by Gasteiger charge is -2.21. The van der Waals surface area contributed by atoms with E-state index in [9.17, 15) is 0 Å². The summed E-state index contributed by atoms with van der Waals surface area (Å²) in [6.07, 6.45) is 3.89. The summed E-state index contributed by atoms with van der Waals surface area (Å²) < 4.78 is 1.97. The van der Waals surface area contributed by atoms with Gasteiger partial charge in [-0.3, -0.25) is 4.90 Å². The Hall–Kier alpha value is -0.870. The minimum atomic E-state index is 0.353. The Bertz CT molecular complexity index is 254. The zero-order chi connectivity index (χ0) is 9.84. The first-order valence-corrected chi connectivity index (χ1v) is 4.44. The number of likely N-dealkylation sites (N-methyl/N-ethyl adjacent to an activating group) is 2. The van der Waals surface area contributed by atoms with E-state index in [0.717, 1.165) is 12.2 Å². The summed E-state index contributed by atoms with van der Waals surface area (Å²) in [6, 6.07) is 0.353. The molecule has 13 heavy (non-hydrogen) atoms. The molecule has 1 unspecified atom stereocenters. The van der Waals surface area contributed by atoms with E-state index in [4.69, 9.17) is 0 Å². The molecule has 0 saturated carbocycles. The maximum absolute atomic E-state index is 4.34. The summed E-state index contributed by atoms with van der Waals surface area (Å²) in [5, 5.41) is 3.17. The molecule has 0 fully saturated rings. The van der Waals surface area contributed by atoms with E-state index in [1.54, 1.807) is 0 Å². The van der Waals surface area contributed by atoms with Crippen molar-refractivity contribution in [2.45, 2.75) is 6.04 Å². The summed E-state index contributed by atoms with van der Waals surface area (Å²) in [5.41, 5.74) is 1.11. The number of hydrogen-bond donors (Lipinski definition) is 1. The standard InChI is InChI=1S/C9H18N4/c1-10-5-9(12(2)3)8-6-13(4)7-11-8/h6-7,9-10H,5H2,1-4H3. The van der Waals surface area contributed by atoms with Crippen molar-refractivity contribution in [2.75, 3.05) is 27.7 Å². The molecule has 0 amide bonds. The number of nitrogens with one attached hydrogen (secondary N) is 1. The van der Waals surface area contributed by atoms with Gasteiger partial charge in [0.05, 0.1) is 18.1 Å². The predicted molar refractivity (Wildman–Crippen MR) is 53.6 cm³/mol. The van der Waals surface area contributed by atoms with Gasteiger partial charge in [0, 0.05) is 19.8 Å². The molecule has 0 aliphatic carbocycles. The molecule has 1 rings (SSSR count). The van der Waals surface area contributed by atoms with Crippen LogP contribution in [0.25, 0.3) is 0 Å². The molecule has 1 aromatic heterocycles. The Morgan fingerprint density at radius 1 is 1.62 bits per heavy atom. The smallest absolute Gasteiger partial charge is 0.0947 e. The fourth-order valence-corrected chi connectivity index (χ4v) is 1.35. The SMILES string of the molecule is CNCC(c1cn(C)cn1)N(C)C. The summed E-state index contributed by atoms with van der Waals surface area (Å²) in [4.78, 5) is 6.50. The fraction of sp³-hybridized carbons (Fsp3) is 0.667. The molecule has 1 aromatic rings. The van der Waals surface area contributed by atoms with Gasteiger partial charge in [0.2, 0.25) is 0 Å². The molecule has 0 aliphatic rings. The minimum absolute atomic E-state index is 0.353. The second-order valence-corrected chi connectivity index (χ2v) is 3.50. The van der Waals surface area contributed by atoms with E-state index >= 15 is 0 Å². The first kappa shape index (κ1) is 10.2. The minimum Gasteiger partial charge on any atom is -0.340 e. The van der Waals surface area contributed by atoms with Crippen molar-refractivity contribution in [1.82, 2.24) is 19.8 Å². The Kier molecular flexibility index (Phi) is 3.45. The van der Waals surface area contributed by atoms with E-state index in [1.807, 2.05) is 25.0 Å². The number of rotatable bonds is 4. The van der Waals surface area contributed by atoms with E-state index in [0.29, 0.717) is 6.04 Å². The van der Waals surface area contributed by atoms with Crippen LogP contribution in [0.2, 0.25) is 0 Å². The van der Waals surface area contributed by atoms with Crippen LogP contribution in [-0.4, -0.2) is 42.1 Å². The third-order valence-electron chi connectivity index (χ3n) is 2.09. The van der Waals surface area contributed by atoms with Crippen molar-refractivity contribution < 1.29 is 0 Å². The second kappa shape index (κ2) is 4.39. The van der Waals surface area contributed by atoms with Gasteiger partial charge in [0.1, 0.15) is 0 Å². The number of hydrogen-bond acceptors (Lipinski definition) is 3. The molecular weight excluding hydrogens is 164 g/mol. The lowest BCUT2D eigenvalue weighted by molar-refractivity contribution is 0.289. The van der Waals surface area contributed by atoms with Crippen molar-refractivity contribution in [2.24, 2.45) is 7.05 Å². The molecule has 1 atom stereocenters. The van der Waals surface area contributed by atoms with Crippen molar-refractivity contribution in [3.05, 3.63) is 18.2 Å². The van der Waals surface area contributed by atoms with E-state index in [1.165, 1.54) is 0 Å². The van der Waals surface area contributed by atoms with Crippen molar-refractivity contribution >= 4 is 0 Å². The Morgan fingerprint density at radius 3 is 2.69 bits per heavy atom. The average Bonchev–Trinajstić information content (AvgIpc) is 2.46. The molecule has 0 aliphatic heterocycles. The van der Waals surface area contributed by atoms with Crippen molar-refractivity contribution in [3.8, 4) is 0 Å². The largest absolute Gasteiger partial charge is 0.340 e. The maximum atomic E-state index is 4.34. The van der Waals surface area contributed by atoms with Crippen LogP contribution in [-0.2, 0) is 7.05 Å². The highest BCUT2D eigenvalue weighted by Crippen LogP contribution is 2.13. The Morgan fingerprint density at radius 2 is 2.31 bits per heavy atom. The molecule has 0 saturated heterocycles. The maximum Gasteiger partial charge on any atom is 0.0947 e. The van der Waals surface area contributed by atoms with Gasteiger partial charge in [-0.15, -0.1) is 0 Å². The molecule has 0 radical (unpaired) electrons. The highest BCUT2D eigenvalue weighted by atomic mass is 15.1. The van der Waals surface area contributed by atoms with E-state index < -0.39 is 0 Å². The quantitative estimate of drug-likeness (QED) is 0.724. The molecule has 74 valence electrons. The molecule has 1 heterocycles. The number of nitrogens with zero attached hydrogens (tertiary/aromatic N) is 3. The number of aromatic nitrogens is 2. The van der Waals surface area contributed by atoms with E-state index in [2.05, 4.69) is 35.5 Å². The molecule has 4 nitrogen and oxygen atoms in total. The summed E-state index contributed by atoms with van der Waals surface area (Å²) >= 11 is 0. The number of imidazole rings is 1. The third-order valence-corrected chi connectivity index (χ3v) is 2.09. The zero-order valence-electron chi connectivity index (χ0n) is 8.78. The normalized spacial score (nSPS) is 13.6. The zero-order valence-corrected chi connectivity index (χ0v) is 8.78. The first-order valence-electron chi connectivity index (χ1n) is 4.44. The van der Waals surface area contributed by atoms with Gasteiger partial charge in [-0.05, 0) is 21.1 Å². The van der Waals surface area contributed by atoms with Gasteiger partial charge in [-0.2, -0.15) is 0 Å². The molecule has 1 N–H and O–H groups in total. The highest BCUT2D eigenvalue weighted by Gasteiger charge is 2.14.